The number of hydrogen-bond acceptors (Lipinski definition) is 3. The van der Waals surface area contributed by atoms with Gasteiger partial charge in [0.05, 0.1) is 0 Å². The van der Waals surface area contributed by atoms with Crippen LogP contribution < -0.4 is 5.73 Å². The van der Waals surface area contributed by atoms with Crippen molar-refractivity contribution < 1.29 is 4.79 Å². The summed E-state index contributed by atoms with van der Waals surface area (Å²) in [4.78, 5) is 13.7. The van der Waals surface area contributed by atoms with Gasteiger partial charge in [-0.25, -0.2) is 0 Å². The Morgan fingerprint density at radius 3 is 2.67 bits per heavy atom. The third-order valence-electron chi connectivity index (χ3n) is 3.76. The molecule has 0 amide bonds. The zero-order valence-electron chi connectivity index (χ0n) is 11.3. The molecule has 1 aromatic carbocycles. The largest absolute Gasteiger partial charge is 0.399 e. The summed E-state index contributed by atoms with van der Waals surface area (Å²) in [7, 11) is 2.16. The van der Waals surface area contributed by atoms with Crippen LogP contribution in [0.15, 0.2) is 18.2 Å². The van der Waals surface area contributed by atoms with Crippen LogP contribution >= 0.6 is 0 Å². The summed E-state index contributed by atoms with van der Waals surface area (Å²) in [6.45, 7) is 3.91. The summed E-state index contributed by atoms with van der Waals surface area (Å²) in [6, 6.07) is 6.04. The Balaban J connectivity index is 2.23. The van der Waals surface area contributed by atoms with Crippen molar-refractivity contribution in [2.45, 2.75) is 32.1 Å². The summed E-state index contributed by atoms with van der Waals surface area (Å²) in [5.74, 6) is 0.783. The number of rotatable bonds is 3. The normalized spacial score (nSPS) is 17.9. The zero-order valence-corrected chi connectivity index (χ0v) is 11.3. The van der Waals surface area contributed by atoms with E-state index in [1.807, 2.05) is 12.1 Å². The predicted molar refractivity (Wildman–Crippen MR) is 74.7 cm³/mol. The van der Waals surface area contributed by atoms with E-state index in [-0.39, 0.29) is 5.78 Å². The molecule has 0 bridgehead atoms. The van der Waals surface area contributed by atoms with Gasteiger partial charge in [-0.2, -0.15) is 0 Å². The molecule has 3 nitrogen and oxygen atoms in total. The van der Waals surface area contributed by atoms with Crippen LogP contribution in [0.1, 0.15) is 36.8 Å². The van der Waals surface area contributed by atoms with Gasteiger partial charge in [-0.05, 0) is 69.1 Å². The van der Waals surface area contributed by atoms with Crippen molar-refractivity contribution in [3.8, 4) is 0 Å². The van der Waals surface area contributed by atoms with E-state index in [2.05, 4.69) is 18.0 Å². The second-order valence-electron chi connectivity index (χ2n) is 5.41. The van der Waals surface area contributed by atoms with Crippen molar-refractivity contribution in [1.82, 2.24) is 4.90 Å². The van der Waals surface area contributed by atoms with Gasteiger partial charge in [0, 0.05) is 12.1 Å². The third kappa shape index (κ3) is 3.10. The van der Waals surface area contributed by atoms with Gasteiger partial charge in [-0.15, -0.1) is 0 Å². The van der Waals surface area contributed by atoms with Crippen LogP contribution in [0, 0.1) is 0 Å². The number of anilines is 1. The van der Waals surface area contributed by atoms with Crippen LogP contribution in [-0.2, 0) is 11.2 Å². The van der Waals surface area contributed by atoms with E-state index < -0.39 is 0 Å². The minimum atomic E-state index is 0.203. The molecule has 2 rings (SSSR count). The molecule has 1 aromatic rings. The highest BCUT2D eigenvalue weighted by molar-refractivity contribution is 5.79. The molecule has 0 spiro atoms. The lowest BCUT2D eigenvalue weighted by Crippen LogP contribution is -2.29. The third-order valence-corrected chi connectivity index (χ3v) is 3.76. The first-order valence-electron chi connectivity index (χ1n) is 6.62. The molecule has 2 N–H and O–H groups in total. The standard InChI is InChI=1S/C15H22N2O/c1-11(18)9-13-10-14(16)3-4-15(13)12-5-7-17(2)8-6-12/h3-4,10,12H,5-9,16H2,1-2H3. The summed E-state index contributed by atoms with van der Waals surface area (Å²) in [5.41, 5.74) is 9.04. The number of benzene rings is 1. The second-order valence-corrected chi connectivity index (χ2v) is 5.41. The number of nitrogen functional groups attached to an aromatic ring is 1. The second kappa shape index (κ2) is 5.53. The highest BCUT2D eigenvalue weighted by Crippen LogP contribution is 2.31. The Kier molecular flexibility index (Phi) is 4.02. The maximum absolute atomic E-state index is 11.4. The van der Waals surface area contributed by atoms with Crippen molar-refractivity contribution in [2.75, 3.05) is 25.9 Å². The molecule has 3 heteroatoms. The van der Waals surface area contributed by atoms with Crippen LogP contribution in [-0.4, -0.2) is 30.8 Å². The summed E-state index contributed by atoms with van der Waals surface area (Å²) >= 11 is 0. The van der Waals surface area contributed by atoms with Crippen molar-refractivity contribution in [1.29, 1.82) is 0 Å². The van der Waals surface area contributed by atoms with E-state index in [0.717, 1.165) is 24.3 Å². The topological polar surface area (TPSA) is 46.3 Å². The van der Waals surface area contributed by atoms with E-state index >= 15 is 0 Å². The van der Waals surface area contributed by atoms with Crippen LogP contribution in [0.2, 0.25) is 0 Å². The number of ketones is 1. The Morgan fingerprint density at radius 1 is 1.39 bits per heavy atom. The lowest BCUT2D eigenvalue weighted by atomic mass is 9.85. The van der Waals surface area contributed by atoms with Gasteiger partial charge in [-0.3, -0.25) is 4.79 Å². The number of carbonyl (C=O) groups excluding carboxylic acids is 1. The molecule has 1 heterocycles. The van der Waals surface area contributed by atoms with Gasteiger partial charge in [0.1, 0.15) is 5.78 Å². The van der Waals surface area contributed by atoms with Crippen molar-refractivity contribution in [3.05, 3.63) is 29.3 Å². The predicted octanol–water partition coefficient (Wildman–Crippen LogP) is 2.21. The molecule has 1 saturated heterocycles. The zero-order chi connectivity index (χ0) is 13.1. The van der Waals surface area contributed by atoms with Crippen LogP contribution in [0.4, 0.5) is 5.69 Å². The Morgan fingerprint density at radius 2 is 2.06 bits per heavy atom. The molecule has 0 atom stereocenters. The quantitative estimate of drug-likeness (QED) is 0.832. The van der Waals surface area contributed by atoms with Gasteiger partial charge in [0.15, 0.2) is 0 Å². The SMILES string of the molecule is CC(=O)Cc1cc(N)ccc1C1CCN(C)CC1. The first-order valence-corrected chi connectivity index (χ1v) is 6.62. The molecule has 98 valence electrons. The van der Waals surface area contributed by atoms with E-state index in [1.165, 1.54) is 18.4 Å². The number of carbonyl (C=O) groups is 1. The smallest absolute Gasteiger partial charge is 0.134 e. The first-order chi connectivity index (χ1) is 8.56. The maximum atomic E-state index is 11.4. The minimum absolute atomic E-state index is 0.203. The van der Waals surface area contributed by atoms with Gasteiger partial charge in [0.2, 0.25) is 0 Å². The van der Waals surface area contributed by atoms with E-state index in [1.54, 1.807) is 6.92 Å². The first kappa shape index (κ1) is 13.1. The Bertz CT molecular complexity index is 434. The molecule has 0 saturated carbocycles. The molecule has 0 aliphatic carbocycles. The van der Waals surface area contributed by atoms with Gasteiger partial charge < -0.3 is 10.6 Å². The average Bonchev–Trinajstić information content (AvgIpc) is 2.30. The number of nitrogens with zero attached hydrogens (tertiary/aromatic N) is 1. The van der Waals surface area contributed by atoms with Gasteiger partial charge >= 0.3 is 0 Å². The molecule has 0 radical (unpaired) electrons. The van der Waals surface area contributed by atoms with Crippen LogP contribution in [0.25, 0.3) is 0 Å². The van der Waals surface area contributed by atoms with Crippen molar-refractivity contribution in [3.63, 3.8) is 0 Å². The summed E-state index contributed by atoms with van der Waals surface area (Å²) in [5, 5.41) is 0. The molecule has 1 aliphatic heterocycles. The fourth-order valence-electron chi connectivity index (χ4n) is 2.76. The van der Waals surface area contributed by atoms with Crippen LogP contribution in [0.3, 0.4) is 0 Å². The minimum Gasteiger partial charge on any atom is -0.399 e. The highest BCUT2D eigenvalue weighted by atomic mass is 16.1. The maximum Gasteiger partial charge on any atom is 0.134 e. The van der Waals surface area contributed by atoms with E-state index in [0.29, 0.717) is 12.3 Å². The summed E-state index contributed by atoms with van der Waals surface area (Å²) < 4.78 is 0. The molecule has 1 fully saturated rings. The van der Waals surface area contributed by atoms with Crippen molar-refractivity contribution >= 4 is 11.5 Å². The van der Waals surface area contributed by atoms with Crippen LogP contribution in [0.5, 0.6) is 0 Å². The number of likely N-dealkylation sites (tertiary alicyclic amines) is 1. The van der Waals surface area contributed by atoms with E-state index in [9.17, 15) is 4.79 Å². The van der Waals surface area contributed by atoms with Gasteiger partial charge in [-0.1, -0.05) is 6.07 Å². The molecule has 0 aromatic heterocycles. The Hall–Kier alpha value is -1.35. The number of piperidine rings is 1. The number of nitrogens with two attached hydrogens (primary N) is 1. The van der Waals surface area contributed by atoms with Gasteiger partial charge in [0.25, 0.3) is 0 Å². The molecular formula is C15H22N2O. The summed E-state index contributed by atoms with van der Waals surface area (Å²) in [6.07, 6.45) is 2.85. The lowest BCUT2D eigenvalue weighted by Gasteiger charge is -2.30. The monoisotopic (exact) mass is 246 g/mol. The molecule has 0 unspecified atom stereocenters. The molecule has 18 heavy (non-hydrogen) atoms. The van der Waals surface area contributed by atoms with E-state index in [4.69, 9.17) is 5.73 Å². The molecule has 1 aliphatic rings. The molecular weight excluding hydrogens is 224 g/mol. The Labute approximate surface area is 109 Å². The fourth-order valence-corrected chi connectivity index (χ4v) is 2.76. The van der Waals surface area contributed by atoms with Crippen molar-refractivity contribution in [2.24, 2.45) is 0 Å². The average molecular weight is 246 g/mol. The highest BCUT2D eigenvalue weighted by Gasteiger charge is 2.21. The number of Topliss-reactive ketones (excluding diaryl/α,β-unsaturated/α-hetero) is 1. The fraction of sp³-hybridized carbons (Fsp3) is 0.533. The lowest BCUT2D eigenvalue weighted by molar-refractivity contribution is -0.116. The number of hydrogen-bond donors (Lipinski definition) is 1.